The summed E-state index contributed by atoms with van der Waals surface area (Å²) >= 11 is 9.76. The maximum atomic E-state index is 6.17. The topological polar surface area (TPSA) is 6.48 Å². The molecule has 0 radical (unpaired) electrons. The average molecular weight is 358 g/mol. The largest absolute Gasteiger partial charge is 0.369 e. The van der Waals surface area contributed by atoms with Crippen molar-refractivity contribution >= 4 is 33.2 Å². The van der Waals surface area contributed by atoms with E-state index >= 15 is 0 Å². The Kier molecular flexibility index (Phi) is 4.90. The Hall–Kier alpha value is -0.250. The third-order valence-electron chi connectivity index (χ3n) is 4.69. The lowest BCUT2D eigenvalue weighted by Gasteiger charge is -2.39. The predicted octanol–water partition coefficient (Wildman–Crippen LogP) is 4.30. The van der Waals surface area contributed by atoms with Crippen LogP contribution in [0.2, 0.25) is 5.02 Å². The lowest BCUT2D eigenvalue weighted by atomic mass is 10.1. The minimum atomic E-state index is 0.836. The van der Waals surface area contributed by atoms with E-state index in [0.717, 1.165) is 29.5 Å². The molecule has 0 aromatic heterocycles. The Morgan fingerprint density at radius 2 is 1.80 bits per heavy atom. The van der Waals surface area contributed by atoms with E-state index in [4.69, 9.17) is 11.6 Å². The van der Waals surface area contributed by atoms with Crippen molar-refractivity contribution in [1.29, 1.82) is 0 Å². The standard InChI is InChI=1S/C16H22BrClN2/c17-12-13-5-6-14(18)11-16(13)20-9-7-19(8-10-20)15-3-1-2-4-15/h5-6,11,15H,1-4,7-10,12H2. The van der Waals surface area contributed by atoms with Crippen LogP contribution in [0.1, 0.15) is 31.2 Å². The highest BCUT2D eigenvalue weighted by Crippen LogP contribution is 2.29. The molecule has 3 rings (SSSR count). The van der Waals surface area contributed by atoms with Crippen LogP contribution in [0.5, 0.6) is 0 Å². The third-order valence-corrected chi connectivity index (χ3v) is 5.53. The molecule has 0 amide bonds. The molecule has 1 heterocycles. The molecule has 0 bridgehead atoms. The van der Waals surface area contributed by atoms with E-state index in [0.29, 0.717) is 0 Å². The summed E-state index contributed by atoms with van der Waals surface area (Å²) in [5.41, 5.74) is 2.64. The second kappa shape index (κ2) is 6.67. The van der Waals surface area contributed by atoms with Crippen LogP contribution in [0.3, 0.4) is 0 Å². The first-order valence-electron chi connectivity index (χ1n) is 7.61. The Morgan fingerprint density at radius 3 is 2.45 bits per heavy atom. The minimum absolute atomic E-state index is 0.836. The number of benzene rings is 1. The van der Waals surface area contributed by atoms with Crippen molar-refractivity contribution in [2.45, 2.75) is 37.1 Å². The molecule has 0 spiro atoms. The van der Waals surface area contributed by atoms with Crippen molar-refractivity contribution in [2.75, 3.05) is 31.1 Å². The van der Waals surface area contributed by atoms with Gasteiger partial charge in [-0.25, -0.2) is 0 Å². The van der Waals surface area contributed by atoms with Crippen molar-refractivity contribution < 1.29 is 0 Å². The summed E-state index contributed by atoms with van der Waals surface area (Å²) in [5, 5.41) is 1.73. The molecular weight excluding hydrogens is 336 g/mol. The molecule has 4 heteroatoms. The molecule has 1 aromatic carbocycles. The van der Waals surface area contributed by atoms with Gasteiger partial charge in [-0.1, -0.05) is 46.4 Å². The van der Waals surface area contributed by atoms with Gasteiger partial charge in [0.1, 0.15) is 0 Å². The molecule has 0 N–H and O–H groups in total. The van der Waals surface area contributed by atoms with Gasteiger partial charge in [0.2, 0.25) is 0 Å². The Balaban J connectivity index is 1.67. The molecule has 2 aliphatic rings. The number of hydrogen-bond donors (Lipinski definition) is 0. The minimum Gasteiger partial charge on any atom is -0.369 e. The molecular formula is C16H22BrClN2. The van der Waals surface area contributed by atoms with Crippen LogP contribution in [0.15, 0.2) is 18.2 Å². The number of anilines is 1. The van der Waals surface area contributed by atoms with E-state index < -0.39 is 0 Å². The van der Waals surface area contributed by atoms with Gasteiger partial charge in [0.25, 0.3) is 0 Å². The Bertz CT molecular complexity index is 452. The highest BCUT2D eigenvalue weighted by atomic mass is 79.9. The molecule has 2 fully saturated rings. The monoisotopic (exact) mass is 356 g/mol. The highest BCUT2D eigenvalue weighted by Gasteiger charge is 2.26. The fourth-order valence-corrected chi connectivity index (χ4v) is 4.18. The van der Waals surface area contributed by atoms with Crippen LogP contribution in [0.25, 0.3) is 0 Å². The summed E-state index contributed by atoms with van der Waals surface area (Å²) in [6, 6.07) is 7.09. The van der Waals surface area contributed by atoms with Gasteiger partial charge in [-0.2, -0.15) is 0 Å². The normalized spacial score (nSPS) is 21.6. The molecule has 1 saturated carbocycles. The maximum Gasteiger partial charge on any atom is 0.0426 e. The molecule has 2 nitrogen and oxygen atoms in total. The summed E-state index contributed by atoms with van der Waals surface area (Å²) < 4.78 is 0. The maximum absolute atomic E-state index is 6.17. The molecule has 20 heavy (non-hydrogen) atoms. The van der Waals surface area contributed by atoms with Crippen LogP contribution < -0.4 is 4.90 Å². The lowest BCUT2D eigenvalue weighted by Crippen LogP contribution is -2.49. The Morgan fingerprint density at radius 1 is 1.10 bits per heavy atom. The first-order chi connectivity index (χ1) is 9.78. The molecule has 0 atom stereocenters. The van der Waals surface area contributed by atoms with Gasteiger partial charge in [0, 0.05) is 48.3 Å². The molecule has 0 unspecified atom stereocenters. The van der Waals surface area contributed by atoms with E-state index in [1.807, 2.05) is 6.07 Å². The quantitative estimate of drug-likeness (QED) is 0.744. The number of nitrogens with zero attached hydrogens (tertiary/aromatic N) is 2. The summed E-state index contributed by atoms with van der Waals surface area (Å²) in [6.07, 6.45) is 5.66. The fourth-order valence-electron chi connectivity index (χ4n) is 3.54. The SMILES string of the molecule is Clc1ccc(CBr)c(N2CCN(C3CCCC3)CC2)c1. The zero-order valence-electron chi connectivity index (χ0n) is 11.8. The summed E-state index contributed by atoms with van der Waals surface area (Å²) in [7, 11) is 0. The summed E-state index contributed by atoms with van der Waals surface area (Å²) in [4.78, 5) is 5.19. The van der Waals surface area contributed by atoms with Crippen LogP contribution in [-0.4, -0.2) is 37.1 Å². The molecule has 1 saturated heterocycles. The first kappa shape index (κ1) is 14.7. The van der Waals surface area contributed by atoms with Crippen molar-refractivity contribution in [1.82, 2.24) is 4.90 Å². The van der Waals surface area contributed by atoms with E-state index in [2.05, 4.69) is 37.9 Å². The third kappa shape index (κ3) is 3.15. The van der Waals surface area contributed by atoms with Gasteiger partial charge in [-0.05, 0) is 30.5 Å². The number of halogens is 2. The second-order valence-corrected chi connectivity index (χ2v) is 6.87. The molecule has 1 aromatic rings. The molecule has 1 aliphatic heterocycles. The smallest absolute Gasteiger partial charge is 0.0426 e. The van der Waals surface area contributed by atoms with E-state index in [9.17, 15) is 0 Å². The van der Waals surface area contributed by atoms with Crippen molar-refractivity contribution in [3.8, 4) is 0 Å². The van der Waals surface area contributed by atoms with Gasteiger partial charge < -0.3 is 4.90 Å². The van der Waals surface area contributed by atoms with Crippen LogP contribution in [0, 0.1) is 0 Å². The molecule has 110 valence electrons. The van der Waals surface area contributed by atoms with Crippen LogP contribution in [0.4, 0.5) is 5.69 Å². The van der Waals surface area contributed by atoms with E-state index in [1.54, 1.807) is 0 Å². The molecule has 1 aliphatic carbocycles. The zero-order chi connectivity index (χ0) is 13.9. The van der Waals surface area contributed by atoms with Gasteiger partial charge in [0.05, 0.1) is 0 Å². The number of piperazine rings is 1. The van der Waals surface area contributed by atoms with Gasteiger partial charge >= 0.3 is 0 Å². The summed E-state index contributed by atoms with van der Waals surface area (Å²) in [6.45, 7) is 4.63. The van der Waals surface area contributed by atoms with Crippen molar-refractivity contribution in [3.63, 3.8) is 0 Å². The van der Waals surface area contributed by atoms with Gasteiger partial charge in [-0.15, -0.1) is 0 Å². The first-order valence-corrected chi connectivity index (χ1v) is 9.11. The predicted molar refractivity (Wildman–Crippen MR) is 90.1 cm³/mol. The Labute approximate surface area is 135 Å². The van der Waals surface area contributed by atoms with Crippen LogP contribution in [-0.2, 0) is 5.33 Å². The van der Waals surface area contributed by atoms with E-state index in [-0.39, 0.29) is 0 Å². The van der Waals surface area contributed by atoms with Crippen molar-refractivity contribution in [3.05, 3.63) is 28.8 Å². The number of hydrogen-bond acceptors (Lipinski definition) is 2. The van der Waals surface area contributed by atoms with Gasteiger partial charge in [0.15, 0.2) is 0 Å². The number of alkyl halides is 1. The van der Waals surface area contributed by atoms with Gasteiger partial charge in [-0.3, -0.25) is 4.90 Å². The average Bonchev–Trinajstić information content (AvgIpc) is 3.02. The van der Waals surface area contributed by atoms with Crippen LogP contribution >= 0.6 is 27.5 Å². The highest BCUT2D eigenvalue weighted by molar-refractivity contribution is 9.08. The fraction of sp³-hybridized carbons (Fsp3) is 0.625. The van der Waals surface area contributed by atoms with Crippen molar-refractivity contribution in [2.24, 2.45) is 0 Å². The second-order valence-electron chi connectivity index (χ2n) is 5.87. The zero-order valence-corrected chi connectivity index (χ0v) is 14.2. The number of rotatable bonds is 3. The van der Waals surface area contributed by atoms with E-state index in [1.165, 1.54) is 50.0 Å². The summed E-state index contributed by atoms with van der Waals surface area (Å²) in [5.74, 6) is 0. The lowest BCUT2D eigenvalue weighted by molar-refractivity contribution is 0.187.